The van der Waals surface area contributed by atoms with E-state index in [1.807, 2.05) is 0 Å². The number of nitrogens with one attached hydrogen (secondary N) is 1. The van der Waals surface area contributed by atoms with Gasteiger partial charge in [0.15, 0.2) is 0 Å². The standard InChI is InChI=1S/C13H16BrN3O2/c1-15-12(18)9-4-6-17(7-5-9)13(19)10-2-3-11(14)16-8-10/h2-3,8-9H,4-7H2,1H3,(H,15,18). The fourth-order valence-electron chi connectivity index (χ4n) is 2.23. The first-order chi connectivity index (χ1) is 9.11. The van der Waals surface area contributed by atoms with E-state index in [0.29, 0.717) is 23.3 Å². The van der Waals surface area contributed by atoms with Gasteiger partial charge >= 0.3 is 0 Å². The van der Waals surface area contributed by atoms with Crippen LogP contribution in [0.1, 0.15) is 23.2 Å². The first-order valence-corrected chi connectivity index (χ1v) is 7.03. The third kappa shape index (κ3) is 3.32. The number of piperidine rings is 1. The van der Waals surface area contributed by atoms with E-state index in [9.17, 15) is 9.59 Å². The van der Waals surface area contributed by atoms with Gasteiger partial charge in [0.1, 0.15) is 4.60 Å². The Morgan fingerprint density at radius 2 is 2.05 bits per heavy atom. The number of halogens is 1. The van der Waals surface area contributed by atoms with Gasteiger partial charge < -0.3 is 10.2 Å². The van der Waals surface area contributed by atoms with Crippen molar-refractivity contribution in [3.8, 4) is 0 Å². The molecule has 1 aliphatic heterocycles. The Balaban J connectivity index is 1.96. The minimum atomic E-state index is -0.0182. The van der Waals surface area contributed by atoms with Crippen LogP contribution in [-0.2, 0) is 4.79 Å². The van der Waals surface area contributed by atoms with Gasteiger partial charge in [-0.1, -0.05) is 0 Å². The summed E-state index contributed by atoms with van der Waals surface area (Å²) in [5.74, 6) is 0.0739. The van der Waals surface area contributed by atoms with E-state index in [4.69, 9.17) is 0 Å². The number of likely N-dealkylation sites (tertiary alicyclic amines) is 1. The van der Waals surface area contributed by atoms with Crippen LogP contribution in [0, 0.1) is 5.92 Å². The molecule has 6 heteroatoms. The molecular formula is C13H16BrN3O2. The highest BCUT2D eigenvalue weighted by Gasteiger charge is 2.27. The maximum Gasteiger partial charge on any atom is 0.255 e. The molecule has 2 heterocycles. The number of aromatic nitrogens is 1. The van der Waals surface area contributed by atoms with Gasteiger partial charge in [-0.05, 0) is 40.9 Å². The summed E-state index contributed by atoms with van der Waals surface area (Å²) in [7, 11) is 1.65. The van der Waals surface area contributed by atoms with E-state index >= 15 is 0 Å². The lowest BCUT2D eigenvalue weighted by atomic mass is 9.95. The van der Waals surface area contributed by atoms with E-state index in [0.717, 1.165) is 12.8 Å². The third-order valence-electron chi connectivity index (χ3n) is 3.37. The summed E-state index contributed by atoms with van der Waals surface area (Å²) in [5.41, 5.74) is 0.585. The quantitative estimate of drug-likeness (QED) is 0.837. The average Bonchev–Trinajstić information content (AvgIpc) is 2.46. The molecule has 1 aromatic rings. The van der Waals surface area contributed by atoms with Crippen LogP contribution in [-0.4, -0.2) is 41.8 Å². The predicted octanol–water partition coefficient (Wildman–Crippen LogP) is 1.44. The maximum atomic E-state index is 12.2. The topological polar surface area (TPSA) is 62.3 Å². The van der Waals surface area contributed by atoms with Gasteiger partial charge in [0.25, 0.3) is 5.91 Å². The first-order valence-electron chi connectivity index (χ1n) is 6.24. The fourth-order valence-corrected chi connectivity index (χ4v) is 2.47. The third-order valence-corrected chi connectivity index (χ3v) is 3.84. The van der Waals surface area contributed by atoms with Crippen molar-refractivity contribution in [1.82, 2.24) is 15.2 Å². The minimum Gasteiger partial charge on any atom is -0.359 e. The second-order valence-electron chi connectivity index (χ2n) is 4.55. The number of hydrogen-bond donors (Lipinski definition) is 1. The monoisotopic (exact) mass is 325 g/mol. The van der Waals surface area contributed by atoms with Gasteiger partial charge in [-0.15, -0.1) is 0 Å². The first kappa shape index (κ1) is 14.0. The Labute approximate surface area is 120 Å². The highest BCUT2D eigenvalue weighted by molar-refractivity contribution is 9.10. The predicted molar refractivity (Wildman–Crippen MR) is 74.6 cm³/mol. The Morgan fingerprint density at radius 3 is 2.58 bits per heavy atom. The number of pyridine rings is 1. The lowest BCUT2D eigenvalue weighted by Crippen LogP contribution is -2.42. The number of nitrogens with zero attached hydrogens (tertiary/aromatic N) is 2. The minimum absolute atomic E-state index is 0.0182. The van der Waals surface area contributed by atoms with Crippen molar-refractivity contribution in [2.24, 2.45) is 5.92 Å². The van der Waals surface area contributed by atoms with Gasteiger partial charge in [-0.25, -0.2) is 4.98 Å². The molecule has 0 unspecified atom stereocenters. The summed E-state index contributed by atoms with van der Waals surface area (Å²) in [4.78, 5) is 29.6. The van der Waals surface area contributed by atoms with E-state index in [2.05, 4.69) is 26.2 Å². The van der Waals surface area contributed by atoms with Crippen LogP contribution >= 0.6 is 15.9 Å². The number of hydrogen-bond acceptors (Lipinski definition) is 3. The molecule has 2 amide bonds. The molecule has 0 atom stereocenters. The molecule has 1 fully saturated rings. The molecule has 5 nitrogen and oxygen atoms in total. The zero-order valence-electron chi connectivity index (χ0n) is 10.7. The maximum absolute atomic E-state index is 12.2. The van der Waals surface area contributed by atoms with Crippen molar-refractivity contribution in [3.63, 3.8) is 0 Å². The van der Waals surface area contributed by atoms with Crippen LogP contribution < -0.4 is 5.32 Å². The number of carbonyl (C=O) groups excluding carboxylic acids is 2. The van der Waals surface area contributed by atoms with Crippen molar-refractivity contribution in [1.29, 1.82) is 0 Å². The van der Waals surface area contributed by atoms with E-state index in [1.165, 1.54) is 0 Å². The molecule has 102 valence electrons. The van der Waals surface area contributed by atoms with Crippen molar-refractivity contribution in [2.45, 2.75) is 12.8 Å². The highest BCUT2D eigenvalue weighted by atomic mass is 79.9. The lowest BCUT2D eigenvalue weighted by molar-refractivity contribution is -0.125. The van der Waals surface area contributed by atoms with Crippen LogP contribution in [0.15, 0.2) is 22.9 Å². The molecule has 0 radical (unpaired) electrons. The summed E-state index contributed by atoms with van der Waals surface area (Å²) >= 11 is 3.24. The molecular weight excluding hydrogens is 310 g/mol. The molecule has 0 bridgehead atoms. The van der Waals surface area contributed by atoms with Gasteiger partial charge in [0.2, 0.25) is 5.91 Å². The molecule has 0 aromatic carbocycles. The molecule has 0 saturated carbocycles. The molecule has 1 aromatic heterocycles. The van der Waals surface area contributed by atoms with Gasteiger partial charge in [0.05, 0.1) is 5.56 Å². The highest BCUT2D eigenvalue weighted by Crippen LogP contribution is 2.19. The van der Waals surface area contributed by atoms with E-state index in [1.54, 1.807) is 30.3 Å². The second-order valence-corrected chi connectivity index (χ2v) is 5.36. The van der Waals surface area contributed by atoms with Crippen molar-refractivity contribution in [2.75, 3.05) is 20.1 Å². The molecule has 1 aliphatic rings. The molecule has 0 spiro atoms. The van der Waals surface area contributed by atoms with Crippen LogP contribution in [0.2, 0.25) is 0 Å². The Hall–Kier alpha value is -1.43. The van der Waals surface area contributed by atoms with Crippen LogP contribution in [0.25, 0.3) is 0 Å². The molecule has 1 N–H and O–H groups in total. The average molecular weight is 326 g/mol. The molecule has 19 heavy (non-hydrogen) atoms. The number of carbonyl (C=O) groups is 2. The summed E-state index contributed by atoms with van der Waals surface area (Å²) in [6.07, 6.45) is 3.00. The van der Waals surface area contributed by atoms with Crippen LogP contribution in [0.5, 0.6) is 0 Å². The molecule has 2 rings (SSSR count). The second kappa shape index (κ2) is 6.14. The Morgan fingerprint density at radius 1 is 1.37 bits per heavy atom. The molecule has 1 saturated heterocycles. The fraction of sp³-hybridized carbons (Fsp3) is 0.462. The van der Waals surface area contributed by atoms with E-state index in [-0.39, 0.29) is 17.7 Å². The van der Waals surface area contributed by atoms with Crippen molar-refractivity contribution < 1.29 is 9.59 Å². The van der Waals surface area contributed by atoms with Gasteiger partial charge in [0, 0.05) is 32.3 Å². The summed E-state index contributed by atoms with van der Waals surface area (Å²) in [6, 6.07) is 3.51. The van der Waals surface area contributed by atoms with Crippen molar-refractivity contribution >= 4 is 27.7 Å². The molecule has 0 aliphatic carbocycles. The van der Waals surface area contributed by atoms with Crippen molar-refractivity contribution in [3.05, 3.63) is 28.5 Å². The number of rotatable bonds is 2. The zero-order valence-corrected chi connectivity index (χ0v) is 12.3. The largest absolute Gasteiger partial charge is 0.359 e. The zero-order chi connectivity index (χ0) is 13.8. The lowest BCUT2D eigenvalue weighted by Gasteiger charge is -2.31. The summed E-state index contributed by atoms with van der Waals surface area (Å²) in [6.45, 7) is 1.24. The SMILES string of the molecule is CNC(=O)C1CCN(C(=O)c2ccc(Br)nc2)CC1. The Kier molecular flexibility index (Phi) is 4.52. The van der Waals surface area contributed by atoms with E-state index < -0.39 is 0 Å². The normalized spacial score (nSPS) is 16.2. The summed E-state index contributed by atoms with van der Waals surface area (Å²) < 4.78 is 0.711. The number of amides is 2. The van der Waals surface area contributed by atoms with Gasteiger partial charge in [-0.2, -0.15) is 0 Å². The smallest absolute Gasteiger partial charge is 0.255 e. The summed E-state index contributed by atoms with van der Waals surface area (Å²) in [5, 5.41) is 2.66. The Bertz CT molecular complexity index is 467. The van der Waals surface area contributed by atoms with Crippen LogP contribution in [0.4, 0.5) is 0 Å². The van der Waals surface area contributed by atoms with Crippen LogP contribution in [0.3, 0.4) is 0 Å². The van der Waals surface area contributed by atoms with Gasteiger partial charge in [-0.3, -0.25) is 9.59 Å².